The smallest absolute Gasteiger partial charge is 0.459 e. The minimum absolute atomic E-state index is 0.0569. The molecule has 14 heteroatoms. The average Bonchev–Trinajstić information content (AvgIpc) is 3.60. The zero-order valence-electron chi connectivity index (χ0n) is 24.1. The van der Waals surface area contributed by atoms with Crippen LogP contribution >= 0.6 is 0 Å². The molecule has 1 aliphatic heterocycles. The average molecular weight is 597 g/mol. The number of carbonyl (C=O) groups excluding carboxylic acids is 1. The summed E-state index contributed by atoms with van der Waals surface area (Å²) >= 11 is 0. The topological polar surface area (TPSA) is 159 Å². The summed E-state index contributed by atoms with van der Waals surface area (Å²) in [6, 6.07) is 8.02. The van der Waals surface area contributed by atoms with E-state index in [1.807, 2.05) is 24.3 Å². The number of likely N-dealkylation sites (tertiary alicyclic amines) is 1. The minimum Gasteiger partial charge on any atom is -0.474 e. The predicted octanol–water partition coefficient (Wildman–Crippen LogP) is 2.67. The highest BCUT2D eigenvalue weighted by atomic mass is 32.2. The van der Waals surface area contributed by atoms with E-state index in [1.54, 1.807) is 20.0 Å². The largest absolute Gasteiger partial charge is 0.474 e. The van der Waals surface area contributed by atoms with Gasteiger partial charge in [0, 0.05) is 49.0 Å². The summed E-state index contributed by atoms with van der Waals surface area (Å²) in [6.07, 6.45) is 7.57. The van der Waals surface area contributed by atoms with E-state index in [1.165, 1.54) is 16.9 Å². The summed E-state index contributed by atoms with van der Waals surface area (Å²) in [7, 11) is -3.83. The van der Waals surface area contributed by atoms with Crippen molar-refractivity contribution in [3.63, 3.8) is 0 Å². The molecule has 42 heavy (non-hydrogen) atoms. The van der Waals surface area contributed by atoms with Crippen molar-refractivity contribution in [2.24, 2.45) is 0 Å². The summed E-state index contributed by atoms with van der Waals surface area (Å²) in [5.41, 5.74) is 4.18. The van der Waals surface area contributed by atoms with E-state index in [0.29, 0.717) is 11.6 Å². The van der Waals surface area contributed by atoms with Gasteiger partial charge in [-0.15, -0.1) is 0 Å². The van der Waals surface area contributed by atoms with E-state index in [9.17, 15) is 23.3 Å². The molecule has 4 N–H and O–H groups in total. The van der Waals surface area contributed by atoms with Crippen molar-refractivity contribution in [1.29, 1.82) is 0 Å². The zero-order valence-corrected chi connectivity index (χ0v) is 24.9. The van der Waals surface area contributed by atoms with Crippen LogP contribution in [0.5, 0.6) is 5.88 Å². The molecule has 5 rings (SSSR count). The molecule has 224 valence electrons. The first-order chi connectivity index (χ1) is 19.9. The van der Waals surface area contributed by atoms with Crippen LogP contribution in [0.2, 0.25) is 5.31 Å². The van der Waals surface area contributed by atoms with Crippen LogP contribution in [0, 0.1) is 0 Å². The Hall–Kier alpha value is -3.46. The fourth-order valence-corrected chi connectivity index (χ4v) is 6.20. The first-order valence-corrected chi connectivity index (χ1v) is 15.6. The third-order valence-electron chi connectivity index (χ3n) is 7.91. The number of nitrogens with zero attached hydrogens (tertiary/aromatic N) is 4. The Labute approximate surface area is 246 Å². The number of carbonyl (C=O) groups is 1. The molecule has 1 saturated heterocycles. The molecule has 1 fully saturated rings. The number of aromatic nitrogens is 3. The molecule has 0 atom stereocenters. The molecule has 0 unspecified atom stereocenters. The number of fused-ring (bicyclic) bond motifs is 1. The quantitative estimate of drug-likeness (QED) is 0.273. The Kier molecular flexibility index (Phi) is 8.60. The molecule has 0 radical (unpaired) electrons. The van der Waals surface area contributed by atoms with Crippen molar-refractivity contribution in [2.75, 3.05) is 25.5 Å². The number of sulfonamides is 1. The summed E-state index contributed by atoms with van der Waals surface area (Å²) in [5.74, 6) is 0.507. The van der Waals surface area contributed by atoms with Gasteiger partial charge in [-0.2, -0.15) is 13.5 Å². The lowest BCUT2D eigenvalue weighted by Crippen LogP contribution is -2.35. The number of rotatable bonds is 9. The van der Waals surface area contributed by atoms with Crippen molar-refractivity contribution >= 4 is 28.9 Å². The van der Waals surface area contributed by atoms with Crippen LogP contribution in [0.1, 0.15) is 44.2 Å². The second kappa shape index (κ2) is 12.0. The number of aryl methyl sites for hydroxylation is 1. The number of amides is 2. The fourth-order valence-electron chi connectivity index (χ4n) is 5.35. The Morgan fingerprint density at radius 2 is 1.93 bits per heavy atom. The number of hydrogen-bond donors (Lipinski definition) is 4. The normalized spacial score (nSPS) is 16.2. The van der Waals surface area contributed by atoms with Gasteiger partial charge < -0.3 is 25.0 Å². The van der Waals surface area contributed by atoms with Crippen molar-refractivity contribution in [1.82, 2.24) is 24.4 Å². The Balaban J connectivity index is 1.35. The number of ether oxygens (including phenoxy) is 1. The van der Waals surface area contributed by atoms with E-state index >= 15 is 0 Å². The van der Waals surface area contributed by atoms with Gasteiger partial charge in [0.1, 0.15) is 6.10 Å². The van der Waals surface area contributed by atoms with Gasteiger partial charge in [0.2, 0.25) is 5.88 Å². The number of pyridine rings is 1. The van der Waals surface area contributed by atoms with Crippen molar-refractivity contribution < 1.29 is 28.0 Å². The Morgan fingerprint density at radius 3 is 2.67 bits per heavy atom. The standard InChI is InChI=1S/C28H37BN6O6S/c1-28(2,29(37)38)18-35-16-12-25(32-35)42(39,40)33-27(36)31-26-22-6-4-5-19(22)7-8-23(26)20-9-13-30-24(17-20)41-21-10-14-34(3)15-11-21/h7-9,12-13,16-17,21,37-38H,4-6,10-11,14-15,18H2,1-3H3,(H2,31,33,36). The Bertz CT molecular complexity index is 1550. The minimum atomic E-state index is -4.31. The monoisotopic (exact) mass is 596 g/mol. The molecule has 3 heterocycles. The van der Waals surface area contributed by atoms with Crippen molar-refractivity contribution in [3.05, 3.63) is 53.9 Å². The summed E-state index contributed by atoms with van der Waals surface area (Å²) in [4.78, 5) is 19.8. The van der Waals surface area contributed by atoms with Crippen LogP contribution in [0.4, 0.5) is 10.5 Å². The fraction of sp³-hybridized carbons (Fsp3) is 0.464. The van der Waals surface area contributed by atoms with Crippen molar-refractivity contribution in [2.45, 2.75) is 68.9 Å². The number of nitrogens with one attached hydrogen (secondary N) is 2. The molecule has 1 aromatic carbocycles. The number of benzene rings is 1. The second-order valence-electron chi connectivity index (χ2n) is 11.8. The predicted molar refractivity (Wildman–Crippen MR) is 159 cm³/mol. The summed E-state index contributed by atoms with van der Waals surface area (Å²) in [6.45, 7) is 5.21. The zero-order chi connectivity index (χ0) is 30.1. The molecule has 2 aromatic heterocycles. The number of hydrogen-bond acceptors (Lipinski definition) is 9. The van der Waals surface area contributed by atoms with Crippen LogP contribution in [0.25, 0.3) is 11.1 Å². The lowest BCUT2D eigenvalue weighted by molar-refractivity contribution is 0.110. The lowest BCUT2D eigenvalue weighted by atomic mass is 9.60. The second-order valence-corrected chi connectivity index (χ2v) is 13.4. The molecule has 3 aromatic rings. The number of anilines is 1. The molecule has 12 nitrogen and oxygen atoms in total. The summed E-state index contributed by atoms with van der Waals surface area (Å²) in [5, 5.41) is 24.6. The van der Waals surface area contributed by atoms with Gasteiger partial charge in [-0.3, -0.25) is 4.68 Å². The molecular formula is C28H37BN6O6S. The summed E-state index contributed by atoms with van der Waals surface area (Å²) < 4.78 is 35.6. The SMILES string of the molecule is CN1CCC(Oc2cc(-c3ccc4c(c3NC(=O)NS(=O)(=O)c3ccn(CC(C)(C)B(O)O)n3)CCC4)ccn2)CC1. The first kappa shape index (κ1) is 30.0. The van der Waals surface area contributed by atoms with Gasteiger partial charge >= 0.3 is 13.1 Å². The molecule has 2 aliphatic rings. The van der Waals surface area contributed by atoms with E-state index < -0.39 is 28.5 Å². The molecule has 1 aliphatic carbocycles. The molecule has 0 bridgehead atoms. The number of piperidine rings is 1. The molecular weight excluding hydrogens is 559 g/mol. The maximum absolute atomic E-state index is 13.1. The molecule has 0 saturated carbocycles. The maximum atomic E-state index is 13.1. The Morgan fingerprint density at radius 1 is 1.17 bits per heavy atom. The van der Waals surface area contributed by atoms with Gasteiger partial charge in [0.05, 0.1) is 5.69 Å². The van der Waals surface area contributed by atoms with E-state index in [4.69, 9.17) is 4.74 Å². The van der Waals surface area contributed by atoms with E-state index in [-0.39, 0.29) is 17.7 Å². The van der Waals surface area contributed by atoms with Crippen LogP contribution in [0.15, 0.2) is 47.8 Å². The molecule has 0 spiro atoms. The van der Waals surface area contributed by atoms with Crippen LogP contribution in [0.3, 0.4) is 0 Å². The highest BCUT2D eigenvalue weighted by Crippen LogP contribution is 2.38. The number of urea groups is 1. The maximum Gasteiger partial charge on any atom is 0.459 e. The van der Waals surface area contributed by atoms with E-state index in [2.05, 4.69) is 32.1 Å². The lowest BCUT2D eigenvalue weighted by Gasteiger charge is -2.29. The highest BCUT2D eigenvalue weighted by molar-refractivity contribution is 7.90. The van der Waals surface area contributed by atoms with Gasteiger partial charge in [-0.05, 0) is 68.0 Å². The van der Waals surface area contributed by atoms with E-state index in [0.717, 1.165) is 67.4 Å². The highest BCUT2D eigenvalue weighted by Gasteiger charge is 2.33. The van der Waals surface area contributed by atoms with Crippen molar-refractivity contribution in [3.8, 4) is 17.0 Å². The van der Waals surface area contributed by atoms with Gasteiger partial charge in [-0.1, -0.05) is 26.0 Å². The van der Waals surface area contributed by atoms with Gasteiger partial charge in [0.15, 0.2) is 5.03 Å². The third-order valence-corrected chi connectivity index (χ3v) is 9.13. The van der Waals surface area contributed by atoms with Crippen LogP contribution in [-0.4, -0.2) is 77.5 Å². The first-order valence-electron chi connectivity index (χ1n) is 14.1. The van der Waals surface area contributed by atoms with Crippen LogP contribution in [-0.2, 0) is 29.4 Å². The van der Waals surface area contributed by atoms with Gasteiger partial charge in [0.25, 0.3) is 10.0 Å². The van der Waals surface area contributed by atoms with Gasteiger partial charge in [-0.25, -0.2) is 14.5 Å². The molecule has 2 amide bonds. The third kappa shape index (κ3) is 6.78. The van der Waals surface area contributed by atoms with Crippen LogP contribution < -0.4 is 14.8 Å².